The number of esters is 2. The molecule has 1 aliphatic rings. The molecule has 0 aromatic rings. The van der Waals surface area contributed by atoms with Crippen LogP contribution in [0.1, 0.15) is 0 Å². The lowest BCUT2D eigenvalue weighted by atomic mass is 10.7. The largest absolute Gasteiger partial charge is 0.420 e. The summed E-state index contributed by atoms with van der Waals surface area (Å²) in [6, 6.07) is 0. The Hall–Kier alpha value is -1.06. The van der Waals surface area contributed by atoms with Crippen LogP contribution < -0.4 is 0 Å². The summed E-state index contributed by atoms with van der Waals surface area (Å²) in [5.41, 5.74) is 0. The lowest BCUT2D eigenvalue weighted by molar-refractivity contribution is -0.150. The SMILES string of the molecule is O=C1OCOC1=O. The number of ether oxygens (including phenoxy) is 2. The van der Waals surface area contributed by atoms with Crippen LogP contribution in [-0.4, -0.2) is 18.7 Å². The fourth-order valence-electron chi connectivity index (χ4n) is 0.254. The van der Waals surface area contributed by atoms with E-state index in [0.29, 0.717) is 0 Å². The van der Waals surface area contributed by atoms with Crippen LogP contribution in [0.3, 0.4) is 0 Å². The molecule has 0 amide bonds. The fraction of sp³-hybridized carbons (Fsp3) is 0.333. The molecule has 1 rings (SSSR count). The summed E-state index contributed by atoms with van der Waals surface area (Å²) in [6.45, 7) is -0.225. The molecule has 4 nitrogen and oxygen atoms in total. The van der Waals surface area contributed by atoms with Crippen LogP contribution in [0.15, 0.2) is 0 Å². The van der Waals surface area contributed by atoms with Gasteiger partial charge in [-0.15, -0.1) is 0 Å². The van der Waals surface area contributed by atoms with Gasteiger partial charge in [0.1, 0.15) is 0 Å². The number of cyclic esters (lactones) is 2. The Kier molecular flexibility index (Phi) is 0.714. The topological polar surface area (TPSA) is 52.6 Å². The quantitative estimate of drug-likeness (QED) is 0.292. The second-order valence-corrected chi connectivity index (χ2v) is 0.981. The number of hydrogen-bond acceptors (Lipinski definition) is 4. The zero-order valence-electron chi connectivity index (χ0n) is 3.34. The lowest BCUT2D eigenvalue weighted by Crippen LogP contribution is -2.05. The molecular formula is C3H2O4. The van der Waals surface area contributed by atoms with Crippen LogP contribution in [0.5, 0.6) is 0 Å². The van der Waals surface area contributed by atoms with Crippen molar-refractivity contribution in [3.05, 3.63) is 0 Å². The zero-order chi connectivity index (χ0) is 5.28. The van der Waals surface area contributed by atoms with E-state index < -0.39 is 11.9 Å². The molecule has 1 heterocycles. The summed E-state index contributed by atoms with van der Waals surface area (Å²) in [5.74, 6) is -1.81. The molecule has 0 aromatic carbocycles. The highest BCUT2D eigenvalue weighted by atomic mass is 16.8. The van der Waals surface area contributed by atoms with E-state index in [1.807, 2.05) is 0 Å². The highest BCUT2D eigenvalue weighted by Gasteiger charge is 2.23. The second-order valence-electron chi connectivity index (χ2n) is 0.981. The first-order valence-electron chi connectivity index (χ1n) is 1.64. The van der Waals surface area contributed by atoms with E-state index in [-0.39, 0.29) is 6.79 Å². The highest BCUT2D eigenvalue weighted by Crippen LogP contribution is 1.92. The number of carbonyl (C=O) groups is 2. The molecule has 1 fully saturated rings. The second kappa shape index (κ2) is 1.22. The molecule has 0 spiro atoms. The first-order chi connectivity index (χ1) is 3.30. The van der Waals surface area contributed by atoms with E-state index in [4.69, 9.17) is 0 Å². The summed E-state index contributed by atoms with van der Waals surface area (Å²) in [7, 11) is 0. The zero-order valence-corrected chi connectivity index (χ0v) is 3.34. The van der Waals surface area contributed by atoms with Gasteiger partial charge in [0.25, 0.3) is 0 Å². The van der Waals surface area contributed by atoms with Crippen LogP contribution >= 0.6 is 0 Å². The molecule has 0 unspecified atom stereocenters. The lowest BCUT2D eigenvalue weighted by Gasteiger charge is -1.77. The van der Waals surface area contributed by atoms with Crippen molar-refractivity contribution in [2.24, 2.45) is 0 Å². The Balaban J connectivity index is 2.65. The van der Waals surface area contributed by atoms with E-state index >= 15 is 0 Å². The van der Waals surface area contributed by atoms with Crippen molar-refractivity contribution in [3.8, 4) is 0 Å². The molecular weight excluding hydrogens is 100 g/mol. The van der Waals surface area contributed by atoms with Crippen molar-refractivity contribution < 1.29 is 19.1 Å². The van der Waals surface area contributed by atoms with Gasteiger partial charge < -0.3 is 9.47 Å². The van der Waals surface area contributed by atoms with Gasteiger partial charge in [0, 0.05) is 0 Å². The van der Waals surface area contributed by atoms with Crippen molar-refractivity contribution in [1.82, 2.24) is 0 Å². The molecule has 38 valence electrons. The summed E-state index contributed by atoms with van der Waals surface area (Å²) in [4.78, 5) is 19.8. The van der Waals surface area contributed by atoms with E-state index in [9.17, 15) is 9.59 Å². The van der Waals surface area contributed by atoms with Gasteiger partial charge >= 0.3 is 11.9 Å². The van der Waals surface area contributed by atoms with Crippen LogP contribution in [0.2, 0.25) is 0 Å². The Bertz CT molecular complexity index is 102. The average Bonchev–Trinajstić information content (AvgIpc) is 1.91. The van der Waals surface area contributed by atoms with Gasteiger partial charge in [0.15, 0.2) is 0 Å². The molecule has 0 bridgehead atoms. The highest BCUT2D eigenvalue weighted by molar-refractivity contribution is 6.30. The van der Waals surface area contributed by atoms with Gasteiger partial charge in [-0.3, -0.25) is 0 Å². The van der Waals surface area contributed by atoms with E-state index in [1.54, 1.807) is 0 Å². The Labute approximate surface area is 39.0 Å². The van der Waals surface area contributed by atoms with Crippen LogP contribution in [0.4, 0.5) is 0 Å². The smallest absolute Gasteiger partial charge is 0.419 e. The van der Waals surface area contributed by atoms with E-state index in [0.717, 1.165) is 0 Å². The first kappa shape index (κ1) is 4.11. The molecule has 1 aliphatic heterocycles. The summed E-state index contributed by atoms with van der Waals surface area (Å²) in [5, 5.41) is 0. The molecule has 0 aromatic heterocycles. The summed E-state index contributed by atoms with van der Waals surface area (Å²) in [6.07, 6.45) is 0. The van der Waals surface area contributed by atoms with Crippen LogP contribution in [0, 0.1) is 0 Å². The van der Waals surface area contributed by atoms with Crippen molar-refractivity contribution in [3.63, 3.8) is 0 Å². The number of hydrogen-bond donors (Lipinski definition) is 0. The normalized spacial score (nSPS) is 18.9. The predicted octanol–water partition coefficient (Wildman–Crippen LogP) is -0.956. The van der Waals surface area contributed by atoms with Gasteiger partial charge in [-0.25, -0.2) is 9.59 Å². The molecule has 1 saturated heterocycles. The van der Waals surface area contributed by atoms with Crippen LogP contribution in [-0.2, 0) is 19.1 Å². The Morgan fingerprint density at radius 3 is 1.71 bits per heavy atom. The van der Waals surface area contributed by atoms with Crippen molar-refractivity contribution in [2.45, 2.75) is 0 Å². The van der Waals surface area contributed by atoms with Gasteiger partial charge in [-0.05, 0) is 0 Å². The van der Waals surface area contributed by atoms with E-state index in [1.165, 1.54) is 0 Å². The van der Waals surface area contributed by atoms with Crippen molar-refractivity contribution in [2.75, 3.05) is 6.79 Å². The molecule has 0 N–H and O–H groups in total. The standard InChI is InChI=1S/C3H2O4/c4-2-3(5)7-1-6-2/h1H2. The third-order valence-electron chi connectivity index (χ3n) is 0.547. The number of rotatable bonds is 0. The average molecular weight is 102 g/mol. The minimum absolute atomic E-state index is 0.225. The first-order valence-corrected chi connectivity index (χ1v) is 1.64. The molecule has 0 radical (unpaired) electrons. The molecule has 7 heavy (non-hydrogen) atoms. The molecule has 0 atom stereocenters. The third-order valence-corrected chi connectivity index (χ3v) is 0.547. The summed E-state index contributed by atoms with van der Waals surface area (Å²) < 4.78 is 8.11. The maximum Gasteiger partial charge on any atom is 0.420 e. The molecule has 0 saturated carbocycles. The Morgan fingerprint density at radius 1 is 1.14 bits per heavy atom. The van der Waals surface area contributed by atoms with Gasteiger partial charge in [-0.2, -0.15) is 0 Å². The van der Waals surface area contributed by atoms with Gasteiger partial charge in [0.05, 0.1) is 0 Å². The number of carbonyl (C=O) groups excluding carboxylic acids is 2. The van der Waals surface area contributed by atoms with Crippen molar-refractivity contribution in [1.29, 1.82) is 0 Å². The van der Waals surface area contributed by atoms with Crippen LogP contribution in [0.25, 0.3) is 0 Å². The fourth-order valence-corrected chi connectivity index (χ4v) is 0.254. The molecule has 0 aliphatic carbocycles. The predicted molar refractivity (Wildman–Crippen MR) is 17.1 cm³/mol. The van der Waals surface area contributed by atoms with E-state index in [2.05, 4.69) is 9.47 Å². The Morgan fingerprint density at radius 2 is 1.57 bits per heavy atom. The maximum absolute atomic E-state index is 9.88. The summed E-state index contributed by atoms with van der Waals surface area (Å²) >= 11 is 0. The maximum atomic E-state index is 9.88. The van der Waals surface area contributed by atoms with Gasteiger partial charge in [-0.1, -0.05) is 0 Å². The third kappa shape index (κ3) is 0.534. The minimum Gasteiger partial charge on any atom is -0.419 e. The molecule has 4 heteroatoms. The van der Waals surface area contributed by atoms with Crippen molar-refractivity contribution >= 4 is 11.9 Å². The minimum atomic E-state index is -0.903. The van der Waals surface area contributed by atoms with Gasteiger partial charge in [0.2, 0.25) is 6.79 Å². The monoisotopic (exact) mass is 102 g/mol.